The van der Waals surface area contributed by atoms with E-state index in [0.29, 0.717) is 11.4 Å². The molecule has 172 valence electrons. The summed E-state index contributed by atoms with van der Waals surface area (Å²) in [6.45, 7) is 0.0665. The fraction of sp³-hybridized carbons (Fsp3) is 0.231. The molecule has 0 bridgehead atoms. The number of carboxylic acids is 1. The maximum Gasteiger partial charge on any atom is 0.309 e. The minimum absolute atomic E-state index is 0.0665. The Hall–Kier alpha value is -3.35. The molecule has 3 aromatic carbocycles. The number of aryl methyl sites for hydroxylation is 1. The maximum absolute atomic E-state index is 12.2. The normalized spacial score (nSPS) is 12.7. The zero-order chi connectivity index (χ0) is 23.8. The lowest BCUT2D eigenvalue weighted by atomic mass is 9.93. The number of carbonyl (C=O) groups excluding carboxylic acids is 1. The van der Waals surface area contributed by atoms with Gasteiger partial charge in [-0.15, -0.1) is 0 Å². The van der Waals surface area contributed by atoms with E-state index in [0.717, 1.165) is 16.7 Å². The van der Waals surface area contributed by atoms with E-state index in [-0.39, 0.29) is 30.7 Å². The molecule has 0 aliphatic rings. The van der Waals surface area contributed by atoms with Gasteiger partial charge >= 0.3 is 5.97 Å². The van der Waals surface area contributed by atoms with Gasteiger partial charge < -0.3 is 20.6 Å². The average Bonchev–Trinajstić information content (AvgIpc) is 2.81. The van der Waals surface area contributed by atoms with Crippen LogP contribution in [0.25, 0.3) is 11.1 Å². The second-order valence-electron chi connectivity index (χ2n) is 7.82. The fourth-order valence-corrected chi connectivity index (χ4v) is 3.73. The summed E-state index contributed by atoms with van der Waals surface area (Å²) < 4.78 is 0. The number of carbonyl (C=O) groups is 2. The molecule has 3 rings (SSSR count). The van der Waals surface area contributed by atoms with Crippen LogP contribution in [-0.4, -0.2) is 39.8 Å². The topological polar surface area (TPSA) is 107 Å². The molecule has 0 fully saturated rings. The smallest absolute Gasteiger partial charge is 0.309 e. The average molecular weight is 468 g/mol. The minimum atomic E-state index is -1.11. The predicted octanol–water partition coefficient (Wildman–Crippen LogP) is 4.53. The van der Waals surface area contributed by atoms with Crippen LogP contribution in [0.4, 0.5) is 0 Å². The molecule has 0 radical (unpaired) electrons. The number of hydrogen-bond donors (Lipinski definition) is 4. The third-order valence-electron chi connectivity index (χ3n) is 5.53. The summed E-state index contributed by atoms with van der Waals surface area (Å²) in [6.07, 6.45) is -0.174. The lowest BCUT2D eigenvalue weighted by molar-refractivity contribution is -0.146. The van der Waals surface area contributed by atoms with E-state index in [2.05, 4.69) is 5.32 Å². The molecule has 0 saturated carbocycles. The molecule has 33 heavy (non-hydrogen) atoms. The van der Waals surface area contributed by atoms with Crippen molar-refractivity contribution in [1.29, 1.82) is 0 Å². The molecule has 4 N–H and O–H groups in total. The number of aliphatic hydroxyl groups excluding tert-OH is 1. The van der Waals surface area contributed by atoms with E-state index >= 15 is 0 Å². The number of halogens is 1. The molecule has 0 aliphatic heterocycles. The Morgan fingerprint density at radius 2 is 1.48 bits per heavy atom. The zero-order valence-electron chi connectivity index (χ0n) is 17.9. The molecule has 0 aliphatic carbocycles. The number of nitrogens with one attached hydrogen (secondary N) is 1. The van der Waals surface area contributed by atoms with Gasteiger partial charge in [-0.05, 0) is 60.2 Å². The number of carboxylic acid groups (broad SMARTS) is 1. The van der Waals surface area contributed by atoms with Gasteiger partial charge in [-0.3, -0.25) is 9.59 Å². The Bertz CT molecular complexity index is 1080. The third kappa shape index (κ3) is 6.81. The molecule has 2 atom stereocenters. The van der Waals surface area contributed by atoms with Crippen LogP contribution < -0.4 is 5.32 Å². The first-order valence-electron chi connectivity index (χ1n) is 10.7. The first-order valence-corrected chi connectivity index (χ1v) is 11.0. The van der Waals surface area contributed by atoms with E-state index in [9.17, 15) is 24.9 Å². The summed E-state index contributed by atoms with van der Waals surface area (Å²) in [5, 5.41) is 33.0. The van der Waals surface area contributed by atoms with Crippen LogP contribution in [0, 0.1) is 5.92 Å². The molecule has 1 amide bonds. The van der Waals surface area contributed by atoms with Crippen LogP contribution >= 0.6 is 11.6 Å². The van der Waals surface area contributed by atoms with Gasteiger partial charge in [-0.2, -0.15) is 0 Å². The van der Waals surface area contributed by atoms with Crippen molar-refractivity contribution in [1.82, 2.24) is 5.32 Å². The largest absolute Gasteiger partial charge is 0.507 e. The first kappa shape index (κ1) is 24.3. The van der Waals surface area contributed by atoms with Gasteiger partial charge in [0, 0.05) is 11.6 Å². The van der Waals surface area contributed by atoms with Crippen LogP contribution in [0.3, 0.4) is 0 Å². The Kier molecular flexibility index (Phi) is 8.46. The predicted molar refractivity (Wildman–Crippen MR) is 127 cm³/mol. The van der Waals surface area contributed by atoms with Gasteiger partial charge in [0.1, 0.15) is 5.75 Å². The minimum Gasteiger partial charge on any atom is -0.507 e. The summed E-state index contributed by atoms with van der Waals surface area (Å²) in [4.78, 5) is 23.8. The van der Waals surface area contributed by atoms with Crippen molar-refractivity contribution in [2.24, 2.45) is 5.92 Å². The van der Waals surface area contributed by atoms with Crippen molar-refractivity contribution in [2.75, 3.05) is 6.54 Å². The molecule has 3 aromatic rings. The Morgan fingerprint density at radius 3 is 2.09 bits per heavy atom. The molecular formula is C26H26ClNO5. The Balaban J connectivity index is 1.51. The third-order valence-corrected chi connectivity index (χ3v) is 5.78. The summed E-state index contributed by atoms with van der Waals surface area (Å²) in [7, 11) is 0. The number of aromatic hydroxyl groups is 1. The molecule has 0 unspecified atom stereocenters. The standard InChI is InChI=1S/C26H26ClNO5/c27-20-12-10-19(11-13-20)18-8-5-17(6-9-18)7-14-24(30)22(26(32)33)15-16-28-25(31)21-3-1-2-4-23(21)29/h1-6,8-13,22,24,29-30H,7,14-16H2,(H,28,31)(H,32,33)/t22-,24+/m0/s1. The van der Waals surface area contributed by atoms with Crippen LogP contribution in [0.15, 0.2) is 72.8 Å². The van der Waals surface area contributed by atoms with Gasteiger partial charge in [-0.1, -0.05) is 60.1 Å². The number of rotatable bonds is 10. The van der Waals surface area contributed by atoms with E-state index in [1.54, 1.807) is 12.1 Å². The number of phenols is 1. The second kappa shape index (κ2) is 11.5. The van der Waals surface area contributed by atoms with E-state index < -0.39 is 23.9 Å². The van der Waals surface area contributed by atoms with Crippen molar-refractivity contribution in [3.63, 3.8) is 0 Å². The highest BCUT2D eigenvalue weighted by molar-refractivity contribution is 6.30. The van der Waals surface area contributed by atoms with E-state index in [1.165, 1.54) is 12.1 Å². The molecule has 0 heterocycles. The summed E-state index contributed by atoms with van der Waals surface area (Å²) in [6, 6.07) is 21.5. The van der Waals surface area contributed by atoms with Gasteiger partial charge in [0.25, 0.3) is 5.91 Å². The highest BCUT2D eigenvalue weighted by Gasteiger charge is 2.26. The highest BCUT2D eigenvalue weighted by Crippen LogP contribution is 2.23. The monoisotopic (exact) mass is 467 g/mol. The number of aliphatic hydroxyl groups is 1. The van der Waals surface area contributed by atoms with Crippen molar-refractivity contribution < 1.29 is 24.9 Å². The van der Waals surface area contributed by atoms with Crippen LogP contribution in [0.5, 0.6) is 5.75 Å². The summed E-state index contributed by atoms with van der Waals surface area (Å²) in [5.74, 6) is -2.76. The SMILES string of the molecule is O=C(NCC[C@H](C(=O)O)[C@H](O)CCc1ccc(-c2ccc(Cl)cc2)cc1)c1ccccc1O. The Morgan fingerprint density at radius 1 is 0.879 bits per heavy atom. The molecular weight excluding hydrogens is 442 g/mol. The van der Waals surface area contributed by atoms with Gasteiger partial charge in [0.2, 0.25) is 0 Å². The molecule has 7 heteroatoms. The van der Waals surface area contributed by atoms with Crippen molar-refractivity contribution >= 4 is 23.5 Å². The van der Waals surface area contributed by atoms with Crippen LogP contribution in [0.2, 0.25) is 5.02 Å². The number of phenolic OH excluding ortho intramolecular Hbond substituents is 1. The highest BCUT2D eigenvalue weighted by atomic mass is 35.5. The van der Waals surface area contributed by atoms with Gasteiger partial charge in [-0.25, -0.2) is 0 Å². The number of benzene rings is 3. The zero-order valence-corrected chi connectivity index (χ0v) is 18.7. The van der Waals surface area contributed by atoms with Gasteiger partial charge in [0.15, 0.2) is 0 Å². The van der Waals surface area contributed by atoms with Crippen molar-refractivity contribution in [3.8, 4) is 16.9 Å². The number of aliphatic carboxylic acids is 1. The molecule has 6 nitrogen and oxygen atoms in total. The van der Waals surface area contributed by atoms with Crippen molar-refractivity contribution in [2.45, 2.75) is 25.4 Å². The number of hydrogen-bond acceptors (Lipinski definition) is 4. The number of amides is 1. The second-order valence-corrected chi connectivity index (χ2v) is 8.25. The summed E-state index contributed by atoms with van der Waals surface area (Å²) >= 11 is 5.93. The molecule has 0 spiro atoms. The lowest BCUT2D eigenvalue weighted by Gasteiger charge is -2.19. The number of para-hydroxylation sites is 1. The maximum atomic E-state index is 12.2. The summed E-state index contributed by atoms with van der Waals surface area (Å²) in [5.41, 5.74) is 3.19. The van der Waals surface area contributed by atoms with Crippen LogP contribution in [-0.2, 0) is 11.2 Å². The fourth-order valence-electron chi connectivity index (χ4n) is 3.60. The molecule has 0 saturated heterocycles. The van der Waals surface area contributed by atoms with Gasteiger partial charge in [0.05, 0.1) is 17.6 Å². The lowest BCUT2D eigenvalue weighted by Crippen LogP contribution is -2.33. The first-order chi connectivity index (χ1) is 15.8. The van der Waals surface area contributed by atoms with Crippen LogP contribution in [0.1, 0.15) is 28.8 Å². The Labute approximate surface area is 197 Å². The van der Waals surface area contributed by atoms with Crippen molar-refractivity contribution in [3.05, 3.63) is 88.9 Å². The molecule has 0 aromatic heterocycles. The van der Waals surface area contributed by atoms with E-state index in [1.807, 2.05) is 48.5 Å². The quantitative estimate of drug-likeness (QED) is 0.350. The van der Waals surface area contributed by atoms with E-state index in [4.69, 9.17) is 11.6 Å².